The Morgan fingerprint density at radius 1 is 1.35 bits per heavy atom. The Morgan fingerprint density at radius 2 is 1.90 bits per heavy atom. The van der Waals surface area contributed by atoms with Crippen molar-refractivity contribution in [3.8, 4) is 0 Å². The minimum Gasteiger partial charge on any atom is -0.382 e. The summed E-state index contributed by atoms with van der Waals surface area (Å²) in [7, 11) is -0.170. The molecule has 0 saturated carbocycles. The molecule has 1 aromatic rings. The van der Waals surface area contributed by atoms with Gasteiger partial charge in [0.15, 0.2) is 15.7 Å². The molecule has 2 N–H and O–H groups in total. The number of rotatable bonds is 5. The van der Waals surface area contributed by atoms with E-state index in [9.17, 15) is 8.42 Å². The lowest BCUT2D eigenvalue weighted by atomic mass is 10.3. The minimum absolute atomic E-state index is 0.00212. The van der Waals surface area contributed by atoms with Gasteiger partial charge < -0.3 is 20.1 Å². The van der Waals surface area contributed by atoms with Crippen molar-refractivity contribution in [3.63, 3.8) is 0 Å². The fourth-order valence-corrected chi connectivity index (χ4v) is 4.61. The highest BCUT2D eigenvalue weighted by Gasteiger charge is 2.37. The molecule has 2 heterocycles. The van der Waals surface area contributed by atoms with E-state index >= 15 is 0 Å². The third-order valence-electron chi connectivity index (χ3n) is 3.46. The Bertz CT molecular complexity index is 560. The first-order valence-corrected chi connectivity index (χ1v) is 8.65. The molecule has 0 amide bonds. The van der Waals surface area contributed by atoms with Gasteiger partial charge in [0.05, 0.1) is 5.75 Å². The molecule has 114 valence electrons. The second kappa shape index (κ2) is 5.84. The molecular weight excluding hydrogens is 302 g/mol. The van der Waals surface area contributed by atoms with Crippen LogP contribution in [0.15, 0.2) is 4.90 Å². The van der Waals surface area contributed by atoms with Gasteiger partial charge in [-0.1, -0.05) is 6.92 Å². The minimum atomic E-state index is -3.40. The molecule has 2 atom stereocenters. The van der Waals surface area contributed by atoms with Gasteiger partial charge in [-0.15, -0.1) is 0 Å². The smallest absolute Gasteiger partial charge is 0.184 e. The van der Waals surface area contributed by atoms with Crippen molar-refractivity contribution in [1.29, 1.82) is 0 Å². The molecule has 0 bridgehead atoms. The molecule has 1 aromatic heterocycles. The monoisotopic (exact) mass is 321 g/mol. The highest BCUT2D eigenvalue weighted by atomic mass is 32.2. The fourth-order valence-electron chi connectivity index (χ4n) is 2.29. The second-order valence-corrected chi connectivity index (χ2v) is 7.53. The van der Waals surface area contributed by atoms with Gasteiger partial charge in [-0.2, -0.15) is 4.37 Å². The topological polar surface area (TPSA) is 94.8 Å². The molecule has 0 aliphatic carbocycles. The first-order valence-electron chi connectivity index (χ1n) is 6.23. The van der Waals surface area contributed by atoms with Crippen LogP contribution in [0.2, 0.25) is 0 Å². The highest BCUT2D eigenvalue weighted by molar-refractivity contribution is 7.91. The lowest BCUT2D eigenvalue weighted by Gasteiger charge is -2.17. The number of ether oxygens (including phenoxy) is 2. The Labute approximate surface area is 122 Å². The van der Waals surface area contributed by atoms with Gasteiger partial charge in [-0.05, 0) is 11.5 Å². The van der Waals surface area contributed by atoms with E-state index in [1.165, 1.54) is 0 Å². The number of methoxy groups -OCH3 is 2. The van der Waals surface area contributed by atoms with E-state index in [-0.39, 0.29) is 28.7 Å². The van der Waals surface area contributed by atoms with Gasteiger partial charge in [0.2, 0.25) is 0 Å². The third-order valence-corrected chi connectivity index (χ3v) is 6.29. The molecule has 7 nitrogen and oxygen atoms in total. The van der Waals surface area contributed by atoms with Crippen molar-refractivity contribution in [3.05, 3.63) is 0 Å². The summed E-state index contributed by atoms with van der Waals surface area (Å²) in [5, 5.41) is 0.575. The van der Waals surface area contributed by atoms with Crippen LogP contribution in [-0.2, 0) is 19.3 Å². The van der Waals surface area contributed by atoms with E-state index in [1.54, 1.807) is 21.1 Å². The Kier molecular flexibility index (Phi) is 4.52. The summed E-state index contributed by atoms with van der Waals surface area (Å²) in [6, 6.07) is 0. The first-order chi connectivity index (χ1) is 9.44. The molecule has 0 aromatic carbocycles. The average molecular weight is 321 g/mol. The van der Waals surface area contributed by atoms with Crippen molar-refractivity contribution in [2.24, 2.45) is 0 Å². The Hall–Kier alpha value is -0.900. The van der Waals surface area contributed by atoms with Gasteiger partial charge in [-0.25, -0.2) is 8.42 Å². The highest BCUT2D eigenvalue weighted by Crippen LogP contribution is 2.37. The number of hydrogen-bond acceptors (Lipinski definition) is 8. The number of nitrogens with zero attached hydrogens (tertiary/aromatic N) is 2. The SMILES string of the molecule is CCS(=O)(=O)c1c(N)nsc1N1CC(OC)C(OC)C1. The largest absolute Gasteiger partial charge is 0.382 e. The molecule has 1 saturated heterocycles. The van der Waals surface area contributed by atoms with Gasteiger partial charge in [-0.3, -0.25) is 0 Å². The van der Waals surface area contributed by atoms with Crippen LogP contribution < -0.4 is 10.6 Å². The maximum Gasteiger partial charge on any atom is 0.184 e. The summed E-state index contributed by atoms with van der Waals surface area (Å²) < 4.78 is 39.0. The zero-order valence-corrected chi connectivity index (χ0v) is 13.3. The van der Waals surface area contributed by atoms with Crippen molar-refractivity contribution in [2.75, 3.05) is 43.7 Å². The van der Waals surface area contributed by atoms with Crippen LogP contribution >= 0.6 is 11.5 Å². The lowest BCUT2D eigenvalue weighted by Crippen LogP contribution is -2.27. The van der Waals surface area contributed by atoms with Gasteiger partial charge in [0.1, 0.15) is 22.1 Å². The van der Waals surface area contributed by atoms with Crippen LogP contribution in [0.4, 0.5) is 10.8 Å². The van der Waals surface area contributed by atoms with Crippen LogP contribution in [0.25, 0.3) is 0 Å². The predicted molar refractivity (Wildman–Crippen MR) is 78.1 cm³/mol. The predicted octanol–water partition coefficient (Wildman–Crippen LogP) is 0.369. The van der Waals surface area contributed by atoms with E-state index in [0.29, 0.717) is 18.1 Å². The van der Waals surface area contributed by atoms with Crippen molar-refractivity contribution < 1.29 is 17.9 Å². The average Bonchev–Trinajstić information content (AvgIpc) is 3.01. The molecule has 2 unspecified atom stereocenters. The van der Waals surface area contributed by atoms with E-state index < -0.39 is 9.84 Å². The van der Waals surface area contributed by atoms with Crippen LogP contribution in [-0.4, -0.2) is 58.1 Å². The van der Waals surface area contributed by atoms with Gasteiger partial charge in [0, 0.05) is 27.3 Å². The van der Waals surface area contributed by atoms with E-state index in [1.807, 2.05) is 4.90 Å². The zero-order chi connectivity index (χ0) is 14.9. The van der Waals surface area contributed by atoms with E-state index in [4.69, 9.17) is 15.2 Å². The molecular formula is C11H19N3O4S2. The maximum absolute atomic E-state index is 12.2. The van der Waals surface area contributed by atoms with Crippen LogP contribution in [0.1, 0.15) is 6.92 Å². The van der Waals surface area contributed by atoms with Crippen LogP contribution in [0, 0.1) is 0 Å². The Morgan fingerprint density at radius 3 is 2.35 bits per heavy atom. The number of anilines is 2. The van der Waals surface area contributed by atoms with Crippen molar-refractivity contribution in [2.45, 2.75) is 24.0 Å². The summed E-state index contributed by atoms with van der Waals surface area (Å²) >= 11 is 1.10. The second-order valence-electron chi connectivity index (χ2n) is 4.56. The molecule has 9 heteroatoms. The molecule has 0 spiro atoms. The third kappa shape index (κ3) is 2.62. The fraction of sp³-hybridized carbons (Fsp3) is 0.727. The zero-order valence-electron chi connectivity index (χ0n) is 11.7. The van der Waals surface area contributed by atoms with Gasteiger partial charge >= 0.3 is 0 Å². The molecule has 1 aliphatic heterocycles. The normalized spacial score (nSPS) is 23.4. The van der Waals surface area contributed by atoms with Crippen LogP contribution in [0.3, 0.4) is 0 Å². The molecule has 1 fully saturated rings. The summed E-state index contributed by atoms with van der Waals surface area (Å²) in [5.41, 5.74) is 5.74. The van der Waals surface area contributed by atoms with Crippen molar-refractivity contribution >= 4 is 32.2 Å². The standard InChI is InChI=1S/C11H19N3O4S2/c1-4-20(15,16)9-10(12)13-19-11(9)14-5-7(17-2)8(6-14)18-3/h7-8H,4-6H2,1-3H3,(H2,12,13). The Balaban J connectivity index is 2.36. The lowest BCUT2D eigenvalue weighted by molar-refractivity contribution is -0.00461. The number of hydrogen-bond donors (Lipinski definition) is 1. The molecule has 2 rings (SSSR count). The summed E-state index contributed by atoms with van der Waals surface area (Å²) in [5.74, 6) is 0.0689. The maximum atomic E-state index is 12.2. The summed E-state index contributed by atoms with van der Waals surface area (Å²) in [4.78, 5) is 2.05. The van der Waals surface area contributed by atoms with Crippen molar-refractivity contribution in [1.82, 2.24) is 4.37 Å². The first kappa shape index (κ1) is 15.5. The molecule has 20 heavy (non-hydrogen) atoms. The number of nitrogen functional groups attached to an aromatic ring is 1. The number of nitrogens with two attached hydrogens (primary N) is 1. The van der Waals surface area contributed by atoms with Crippen LogP contribution in [0.5, 0.6) is 0 Å². The van der Waals surface area contributed by atoms with E-state index in [2.05, 4.69) is 4.37 Å². The molecule has 0 radical (unpaired) electrons. The quantitative estimate of drug-likeness (QED) is 0.837. The van der Waals surface area contributed by atoms with Gasteiger partial charge in [0.25, 0.3) is 0 Å². The number of aromatic nitrogens is 1. The van der Waals surface area contributed by atoms with E-state index in [0.717, 1.165) is 11.5 Å². The molecule has 1 aliphatic rings. The summed E-state index contributed by atoms with van der Waals surface area (Å²) in [6.45, 7) is 2.71. The number of sulfone groups is 1. The summed E-state index contributed by atoms with van der Waals surface area (Å²) in [6.07, 6.45) is -0.194.